The maximum Gasteiger partial charge on any atom is 2.00 e. The molecule has 0 aliphatic rings. The van der Waals surface area contributed by atoms with Gasteiger partial charge in [-0.05, 0) is 84.1 Å². The molecule has 0 bridgehead atoms. The number of pyridine rings is 1. The molecule has 5 aromatic carbocycles. The minimum atomic E-state index is 0. The molecule has 0 saturated carbocycles. The van der Waals surface area contributed by atoms with Gasteiger partial charge in [0.1, 0.15) is 5.82 Å². The second-order valence-corrected chi connectivity index (χ2v) is 13.3. The molecule has 254 valence electrons. The van der Waals surface area contributed by atoms with Gasteiger partial charge in [-0.15, -0.1) is 35.7 Å². The molecule has 0 radical (unpaired) electrons. The van der Waals surface area contributed by atoms with E-state index in [2.05, 4.69) is 128 Å². The Morgan fingerprint density at radius 3 is 2.22 bits per heavy atom. The van der Waals surface area contributed by atoms with Gasteiger partial charge < -0.3 is 9.30 Å². The van der Waals surface area contributed by atoms with Crippen LogP contribution in [0, 0.1) is 31.9 Å². The Balaban J connectivity index is 0.00000406. The molecule has 0 fully saturated rings. The molecule has 0 amide bonds. The van der Waals surface area contributed by atoms with E-state index in [1.165, 1.54) is 16.7 Å². The summed E-state index contributed by atoms with van der Waals surface area (Å²) in [6, 6.07) is 49.0. The summed E-state index contributed by atoms with van der Waals surface area (Å²) in [5.41, 5.74) is 10.7. The summed E-state index contributed by atoms with van der Waals surface area (Å²) in [6.45, 7) is 8.68. The van der Waals surface area contributed by atoms with Crippen molar-refractivity contribution in [2.24, 2.45) is 5.92 Å². The average molecular weight is 846 g/mol. The Morgan fingerprint density at radius 1 is 0.706 bits per heavy atom. The van der Waals surface area contributed by atoms with Crippen LogP contribution >= 0.6 is 0 Å². The fourth-order valence-electron chi connectivity index (χ4n) is 6.86. The van der Waals surface area contributed by atoms with E-state index in [1.807, 2.05) is 48.1 Å². The third kappa shape index (κ3) is 6.79. The second-order valence-electron chi connectivity index (χ2n) is 13.3. The van der Waals surface area contributed by atoms with Gasteiger partial charge in [0.25, 0.3) is 0 Å². The minimum absolute atomic E-state index is 0. The molecule has 6 heteroatoms. The van der Waals surface area contributed by atoms with E-state index in [9.17, 15) is 0 Å². The fraction of sp³-hybridized carbons (Fsp3) is 0.156. The van der Waals surface area contributed by atoms with E-state index in [1.54, 1.807) is 0 Å². The number of rotatable bonds is 9. The molecule has 8 rings (SSSR count). The van der Waals surface area contributed by atoms with Crippen LogP contribution in [0.25, 0.3) is 55.6 Å². The molecule has 3 heterocycles. The maximum absolute atomic E-state index is 6.49. The molecule has 0 saturated heterocycles. The molecule has 51 heavy (non-hydrogen) atoms. The molecule has 0 N–H and O–H groups in total. The van der Waals surface area contributed by atoms with Gasteiger partial charge in [0, 0.05) is 34.5 Å². The maximum atomic E-state index is 6.49. The molecular weight excluding hydrogens is 808 g/mol. The minimum Gasteiger partial charge on any atom is -0.509 e. The van der Waals surface area contributed by atoms with Crippen LogP contribution in [0.4, 0.5) is 0 Å². The summed E-state index contributed by atoms with van der Waals surface area (Å²) >= 11 is 0. The number of hydrogen-bond donors (Lipinski definition) is 0. The van der Waals surface area contributed by atoms with Gasteiger partial charge in [0.05, 0.1) is 5.69 Å². The van der Waals surface area contributed by atoms with Gasteiger partial charge in [-0.2, -0.15) is 17.2 Å². The van der Waals surface area contributed by atoms with Crippen molar-refractivity contribution in [1.82, 2.24) is 19.3 Å². The summed E-state index contributed by atoms with van der Waals surface area (Å²) < 4.78 is 10.6. The Hall–Kier alpha value is -5.25. The van der Waals surface area contributed by atoms with Crippen LogP contribution in [0.2, 0.25) is 0 Å². The van der Waals surface area contributed by atoms with Crippen LogP contribution in [-0.2, 0) is 27.5 Å². The number of nitrogens with zero attached hydrogens (tertiary/aromatic N) is 4. The molecule has 0 aliphatic heterocycles. The molecule has 0 spiro atoms. The van der Waals surface area contributed by atoms with Crippen LogP contribution in [0.1, 0.15) is 37.2 Å². The van der Waals surface area contributed by atoms with Crippen molar-refractivity contribution in [3.63, 3.8) is 0 Å². The molecule has 0 atom stereocenters. The third-order valence-electron chi connectivity index (χ3n) is 9.36. The Labute approximate surface area is 313 Å². The van der Waals surface area contributed by atoms with Crippen molar-refractivity contribution in [1.29, 1.82) is 0 Å². The number of hydrogen-bond acceptors (Lipinski definition) is 3. The van der Waals surface area contributed by atoms with Crippen LogP contribution in [0.5, 0.6) is 11.5 Å². The first-order chi connectivity index (χ1) is 24.4. The summed E-state index contributed by atoms with van der Waals surface area (Å²) in [6.07, 6.45) is 4.06. The zero-order valence-electron chi connectivity index (χ0n) is 29.1. The fourth-order valence-corrected chi connectivity index (χ4v) is 6.86. The van der Waals surface area contributed by atoms with Gasteiger partial charge in [-0.3, -0.25) is 4.68 Å². The molecule has 0 aliphatic carbocycles. The van der Waals surface area contributed by atoms with Crippen molar-refractivity contribution < 1.29 is 25.8 Å². The summed E-state index contributed by atoms with van der Waals surface area (Å²) in [5.74, 6) is 2.70. The van der Waals surface area contributed by atoms with Gasteiger partial charge in [-0.1, -0.05) is 92.2 Å². The number of aryl methyl sites for hydroxylation is 2. The van der Waals surface area contributed by atoms with E-state index in [-0.39, 0.29) is 21.1 Å². The van der Waals surface area contributed by atoms with E-state index in [0.717, 1.165) is 68.7 Å². The Kier molecular flexibility index (Phi) is 9.75. The molecule has 5 nitrogen and oxygen atoms in total. The number of ether oxygens (including phenoxy) is 1. The first-order valence-corrected chi connectivity index (χ1v) is 17.3. The van der Waals surface area contributed by atoms with E-state index < -0.39 is 0 Å². The first kappa shape index (κ1) is 34.2. The number of aromatic nitrogens is 4. The molecular formula is C45H38N4OPt. The van der Waals surface area contributed by atoms with Crippen molar-refractivity contribution in [2.45, 2.75) is 40.5 Å². The molecule has 8 aromatic rings. The van der Waals surface area contributed by atoms with E-state index in [0.29, 0.717) is 17.4 Å². The normalized spacial score (nSPS) is 11.3. The van der Waals surface area contributed by atoms with Crippen molar-refractivity contribution in [3.8, 4) is 45.3 Å². The van der Waals surface area contributed by atoms with Crippen molar-refractivity contribution >= 4 is 21.8 Å². The van der Waals surface area contributed by atoms with Gasteiger partial charge in [0.2, 0.25) is 0 Å². The van der Waals surface area contributed by atoms with Crippen LogP contribution in [-0.4, -0.2) is 19.3 Å². The summed E-state index contributed by atoms with van der Waals surface area (Å²) in [7, 11) is 0. The van der Waals surface area contributed by atoms with E-state index in [4.69, 9.17) is 14.8 Å². The van der Waals surface area contributed by atoms with Crippen LogP contribution in [0.15, 0.2) is 128 Å². The van der Waals surface area contributed by atoms with Gasteiger partial charge in [0.15, 0.2) is 0 Å². The Bertz CT molecular complexity index is 2460. The largest absolute Gasteiger partial charge is 2.00 e. The SMILES string of the molecule is Cc1nn(-c2[c-]c(Oc3[c-]c4c(cc3)c3cc(-c5ccccc5)ccc3n4-c3cc(CCC(C)C)ccn3)ccc2)c(C)c1-c1ccccc1.[Pt+2]. The van der Waals surface area contributed by atoms with Crippen LogP contribution in [0.3, 0.4) is 0 Å². The summed E-state index contributed by atoms with van der Waals surface area (Å²) in [4.78, 5) is 4.87. The number of benzene rings is 5. The van der Waals surface area contributed by atoms with Crippen LogP contribution < -0.4 is 4.74 Å². The number of fused-ring (bicyclic) bond motifs is 3. The monoisotopic (exact) mass is 845 g/mol. The van der Waals surface area contributed by atoms with Gasteiger partial charge >= 0.3 is 21.1 Å². The Morgan fingerprint density at radius 2 is 1.45 bits per heavy atom. The first-order valence-electron chi connectivity index (χ1n) is 17.3. The molecule has 3 aromatic heterocycles. The predicted molar refractivity (Wildman–Crippen MR) is 203 cm³/mol. The quantitative estimate of drug-likeness (QED) is 0.136. The van der Waals surface area contributed by atoms with Gasteiger partial charge in [-0.25, -0.2) is 4.98 Å². The zero-order chi connectivity index (χ0) is 34.2. The smallest absolute Gasteiger partial charge is 0.509 e. The second kappa shape index (κ2) is 14.5. The molecule has 0 unspecified atom stereocenters. The van der Waals surface area contributed by atoms with E-state index >= 15 is 0 Å². The van der Waals surface area contributed by atoms with Crippen molar-refractivity contribution in [2.75, 3.05) is 0 Å². The standard InChI is InChI=1S/C45H38N4O.Pt/c1-30(2)18-19-33-24-25-46-44(26-33)48-42-23-20-36(34-12-7-5-8-13-34)27-41(42)40-22-21-39(29-43(40)48)50-38-17-11-16-37(28-38)49-32(4)45(31(3)47-49)35-14-9-6-10-15-35;/h5-17,20-27,30H,18-19H2,1-4H3;/q-2;+2. The predicted octanol–water partition coefficient (Wildman–Crippen LogP) is 11.3. The third-order valence-corrected chi connectivity index (χ3v) is 9.36. The zero-order valence-corrected chi connectivity index (χ0v) is 31.4. The summed E-state index contributed by atoms with van der Waals surface area (Å²) in [5, 5.41) is 7.12. The topological polar surface area (TPSA) is 44.9 Å². The average Bonchev–Trinajstić information content (AvgIpc) is 3.63. The van der Waals surface area contributed by atoms with Crippen molar-refractivity contribution in [3.05, 3.63) is 157 Å².